The monoisotopic (exact) mass is 376 g/mol. The van der Waals surface area contributed by atoms with E-state index in [2.05, 4.69) is 5.32 Å². The van der Waals surface area contributed by atoms with Crippen LogP contribution in [0.15, 0.2) is 60.7 Å². The third-order valence-corrected chi connectivity index (χ3v) is 4.08. The fourth-order valence-electron chi connectivity index (χ4n) is 2.58. The number of rotatable bonds is 5. The molecule has 0 saturated heterocycles. The van der Waals surface area contributed by atoms with E-state index in [-0.39, 0.29) is 11.3 Å². The van der Waals surface area contributed by atoms with Crippen LogP contribution in [0.4, 0.5) is 10.1 Å². The van der Waals surface area contributed by atoms with Gasteiger partial charge in [-0.2, -0.15) is 5.26 Å². The third kappa shape index (κ3) is 4.27. The number of carbonyl (C=O) groups excluding carboxylic acids is 1. The van der Waals surface area contributed by atoms with Crippen molar-refractivity contribution in [3.63, 3.8) is 0 Å². The van der Waals surface area contributed by atoms with Crippen LogP contribution in [0.1, 0.15) is 21.5 Å². The van der Waals surface area contributed by atoms with Gasteiger partial charge in [0, 0.05) is 11.3 Å². The summed E-state index contributed by atoms with van der Waals surface area (Å²) in [5.74, 6) is 0.250. The first-order valence-corrected chi connectivity index (χ1v) is 8.43. The van der Waals surface area contributed by atoms with Crippen molar-refractivity contribution >= 4 is 11.6 Å². The molecule has 1 amide bonds. The molecular formula is C22H17FN2O3. The second-order valence-electron chi connectivity index (χ2n) is 6.02. The Kier molecular flexibility index (Phi) is 5.56. The highest BCUT2D eigenvalue weighted by Crippen LogP contribution is 2.27. The van der Waals surface area contributed by atoms with Gasteiger partial charge >= 0.3 is 0 Å². The molecule has 0 unspecified atom stereocenters. The van der Waals surface area contributed by atoms with Crippen LogP contribution in [-0.4, -0.2) is 13.0 Å². The number of amides is 1. The Morgan fingerprint density at radius 3 is 2.36 bits per heavy atom. The molecule has 0 aromatic heterocycles. The molecule has 0 spiro atoms. The van der Waals surface area contributed by atoms with Crippen LogP contribution in [0.5, 0.6) is 17.2 Å². The topological polar surface area (TPSA) is 71.3 Å². The highest BCUT2D eigenvalue weighted by molar-refractivity contribution is 6.04. The molecule has 0 radical (unpaired) electrons. The lowest BCUT2D eigenvalue weighted by Gasteiger charge is -2.12. The van der Waals surface area contributed by atoms with E-state index in [0.29, 0.717) is 22.7 Å². The Hall–Kier alpha value is -3.85. The maximum Gasteiger partial charge on any atom is 0.255 e. The summed E-state index contributed by atoms with van der Waals surface area (Å²) in [4.78, 5) is 12.4. The van der Waals surface area contributed by atoms with Crippen molar-refractivity contribution in [2.45, 2.75) is 6.92 Å². The third-order valence-electron chi connectivity index (χ3n) is 4.08. The van der Waals surface area contributed by atoms with E-state index >= 15 is 0 Å². The lowest BCUT2D eigenvalue weighted by atomic mass is 10.1. The summed E-state index contributed by atoms with van der Waals surface area (Å²) in [5.41, 5.74) is 2.12. The van der Waals surface area contributed by atoms with Crippen LogP contribution in [0.3, 0.4) is 0 Å². The van der Waals surface area contributed by atoms with Gasteiger partial charge in [0.15, 0.2) is 11.6 Å². The van der Waals surface area contributed by atoms with E-state index in [9.17, 15) is 9.18 Å². The quantitative estimate of drug-likeness (QED) is 0.676. The van der Waals surface area contributed by atoms with Gasteiger partial charge in [-0.25, -0.2) is 4.39 Å². The first-order chi connectivity index (χ1) is 13.5. The van der Waals surface area contributed by atoms with Crippen molar-refractivity contribution < 1.29 is 18.7 Å². The molecule has 0 atom stereocenters. The fourth-order valence-corrected chi connectivity index (χ4v) is 2.58. The Morgan fingerprint density at radius 2 is 1.75 bits per heavy atom. The summed E-state index contributed by atoms with van der Waals surface area (Å²) < 4.78 is 24.4. The summed E-state index contributed by atoms with van der Waals surface area (Å²) >= 11 is 0. The number of ether oxygens (including phenoxy) is 2. The average Bonchev–Trinajstić information content (AvgIpc) is 2.70. The SMILES string of the molecule is COc1ccc(C(=O)Nc2ccc(Oc3ccc(C#N)cc3)cc2C)cc1F. The van der Waals surface area contributed by atoms with Crippen molar-refractivity contribution in [3.8, 4) is 23.3 Å². The van der Waals surface area contributed by atoms with E-state index < -0.39 is 11.7 Å². The highest BCUT2D eigenvalue weighted by Gasteiger charge is 2.12. The number of nitrogens with one attached hydrogen (secondary N) is 1. The molecule has 3 aromatic rings. The lowest BCUT2D eigenvalue weighted by molar-refractivity contribution is 0.102. The number of halogens is 1. The smallest absolute Gasteiger partial charge is 0.255 e. The molecule has 3 aromatic carbocycles. The van der Waals surface area contributed by atoms with Gasteiger partial charge < -0.3 is 14.8 Å². The van der Waals surface area contributed by atoms with Crippen LogP contribution >= 0.6 is 0 Å². The van der Waals surface area contributed by atoms with Gasteiger partial charge in [-0.3, -0.25) is 4.79 Å². The molecule has 0 bridgehead atoms. The fraction of sp³-hybridized carbons (Fsp3) is 0.0909. The number of aryl methyl sites for hydroxylation is 1. The molecule has 6 heteroatoms. The number of nitriles is 1. The minimum atomic E-state index is -0.599. The van der Waals surface area contributed by atoms with Crippen molar-refractivity contribution in [3.05, 3.63) is 83.2 Å². The minimum absolute atomic E-state index is 0.0806. The summed E-state index contributed by atoms with van der Waals surface area (Å²) in [6, 6.07) is 18.1. The van der Waals surface area contributed by atoms with E-state index in [1.807, 2.05) is 13.0 Å². The highest BCUT2D eigenvalue weighted by atomic mass is 19.1. The van der Waals surface area contributed by atoms with Gasteiger partial charge in [-0.1, -0.05) is 0 Å². The maximum absolute atomic E-state index is 13.8. The van der Waals surface area contributed by atoms with Crippen molar-refractivity contribution in [2.75, 3.05) is 12.4 Å². The van der Waals surface area contributed by atoms with E-state index in [1.165, 1.54) is 19.2 Å². The van der Waals surface area contributed by atoms with Crippen molar-refractivity contribution in [2.24, 2.45) is 0 Å². The summed E-state index contributed by atoms with van der Waals surface area (Å²) in [6.07, 6.45) is 0. The van der Waals surface area contributed by atoms with Gasteiger partial charge in [-0.15, -0.1) is 0 Å². The number of carbonyl (C=O) groups is 1. The molecule has 0 heterocycles. The molecule has 0 fully saturated rings. The lowest BCUT2D eigenvalue weighted by Crippen LogP contribution is -2.13. The molecule has 28 heavy (non-hydrogen) atoms. The summed E-state index contributed by atoms with van der Waals surface area (Å²) in [5, 5.41) is 11.6. The maximum atomic E-state index is 13.8. The second-order valence-corrected chi connectivity index (χ2v) is 6.02. The van der Waals surface area contributed by atoms with E-state index in [0.717, 1.165) is 11.6 Å². The zero-order valence-electron chi connectivity index (χ0n) is 15.3. The van der Waals surface area contributed by atoms with Crippen LogP contribution in [-0.2, 0) is 0 Å². The number of anilines is 1. The molecule has 0 saturated carbocycles. The van der Waals surface area contributed by atoms with Crippen LogP contribution < -0.4 is 14.8 Å². The van der Waals surface area contributed by atoms with Gasteiger partial charge in [0.25, 0.3) is 5.91 Å². The van der Waals surface area contributed by atoms with Gasteiger partial charge in [0.1, 0.15) is 11.5 Å². The number of methoxy groups -OCH3 is 1. The predicted molar refractivity (Wildman–Crippen MR) is 103 cm³/mol. The van der Waals surface area contributed by atoms with Crippen LogP contribution in [0, 0.1) is 24.1 Å². The zero-order chi connectivity index (χ0) is 20.1. The second kappa shape index (κ2) is 8.23. The zero-order valence-corrected chi connectivity index (χ0v) is 15.3. The average molecular weight is 376 g/mol. The molecule has 140 valence electrons. The largest absolute Gasteiger partial charge is 0.494 e. The predicted octanol–water partition coefficient (Wildman–Crippen LogP) is 5.06. The Bertz CT molecular complexity index is 1060. The minimum Gasteiger partial charge on any atom is -0.494 e. The number of hydrogen-bond donors (Lipinski definition) is 1. The van der Waals surface area contributed by atoms with E-state index in [4.69, 9.17) is 14.7 Å². The number of hydrogen-bond acceptors (Lipinski definition) is 4. The molecule has 0 aliphatic heterocycles. The Labute approximate surface area is 162 Å². The van der Waals surface area contributed by atoms with Crippen LogP contribution in [0.2, 0.25) is 0 Å². The molecule has 3 rings (SSSR count). The number of benzene rings is 3. The van der Waals surface area contributed by atoms with Gasteiger partial charge in [0.05, 0.1) is 18.7 Å². The molecular weight excluding hydrogens is 359 g/mol. The molecule has 0 aliphatic carbocycles. The summed E-state index contributed by atoms with van der Waals surface area (Å²) in [7, 11) is 1.36. The van der Waals surface area contributed by atoms with E-state index in [1.54, 1.807) is 42.5 Å². The standard InChI is InChI=1S/C22H17FN2O3/c1-14-11-18(28-17-6-3-15(13-24)4-7-17)8-9-20(14)25-22(26)16-5-10-21(27-2)19(23)12-16/h3-12H,1-2H3,(H,25,26). The van der Waals surface area contributed by atoms with Crippen molar-refractivity contribution in [1.82, 2.24) is 0 Å². The first kappa shape index (κ1) is 18.9. The van der Waals surface area contributed by atoms with Gasteiger partial charge in [0.2, 0.25) is 0 Å². The Balaban J connectivity index is 1.72. The Morgan fingerprint density at radius 1 is 1.04 bits per heavy atom. The molecule has 0 aliphatic rings. The summed E-state index contributed by atoms with van der Waals surface area (Å²) in [6.45, 7) is 1.83. The molecule has 5 nitrogen and oxygen atoms in total. The first-order valence-electron chi connectivity index (χ1n) is 8.43. The van der Waals surface area contributed by atoms with Gasteiger partial charge in [-0.05, 0) is 73.2 Å². The number of nitrogens with zero attached hydrogens (tertiary/aromatic N) is 1. The normalized spacial score (nSPS) is 10.1. The van der Waals surface area contributed by atoms with Crippen LogP contribution in [0.25, 0.3) is 0 Å². The van der Waals surface area contributed by atoms with Crippen molar-refractivity contribution in [1.29, 1.82) is 5.26 Å². The molecule has 1 N–H and O–H groups in total.